The Kier molecular flexibility index (Phi) is 5.34. The summed E-state index contributed by atoms with van der Waals surface area (Å²) in [5, 5.41) is 8.85. The lowest BCUT2D eigenvalue weighted by molar-refractivity contribution is -0.134. The van der Waals surface area contributed by atoms with E-state index in [-0.39, 0.29) is 18.6 Å². The van der Waals surface area contributed by atoms with Gasteiger partial charge in [-0.2, -0.15) is 5.26 Å². The molecule has 1 saturated heterocycles. The smallest absolute Gasteiger partial charge is 0.261 e. The highest BCUT2D eigenvalue weighted by molar-refractivity contribution is 5.78. The quantitative estimate of drug-likeness (QED) is 0.815. The van der Waals surface area contributed by atoms with Crippen LogP contribution in [0, 0.1) is 11.3 Å². The molecule has 0 saturated carbocycles. The van der Waals surface area contributed by atoms with Gasteiger partial charge in [0.05, 0.1) is 30.9 Å². The molecule has 2 aliphatic rings. The van der Waals surface area contributed by atoms with Crippen LogP contribution in [0.2, 0.25) is 0 Å². The molecule has 1 fully saturated rings. The van der Waals surface area contributed by atoms with Crippen LogP contribution in [0.1, 0.15) is 36.4 Å². The van der Waals surface area contributed by atoms with Crippen molar-refractivity contribution in [2.45, 2.75) is 25.3 Å². The first-order valence-electron chi connectivity index (χ1n) is 9.56. The average Bonchev–Trinajstić information content (AvgIpc) is 3.11. The molecule has 0 aliphatic carbocycles. The van der Waals surface area contributed by atoms with E-state index >= 15 is 0 Å². The lowest BCUT2D eigenvalue weighted by Gasteiger charge is -2.25. The Morgan fingerprint density at radius 2 is 1.89 bits per heavy atom. The van der Waals surface area contributed by atoms with E-state index in [1.807, 2.05) is 23.1 Å². The molecule has 4 rings (SSSR count). The third kappa shape index (κ3) is 3.89. The fourth-order valence-corrected chi connectivity index (χ4v) is 3.65. The van der Waals surface area contributed by atoms with Gasteiger partial charge in [-0.25, -0.2) is 0 Å². The number of likely N-dealkylation sites (tertiary alicyclic amines) is 1. The number of fused-ring (bicyclic) bond motifs is 1. The van der Waals surface area contributed by atoms with Gasteiger partial charge < -0.3 is 19.1 Å². The Bertz CT molecular complexity index is 888. The van der Waals surface area contributed by atoms with E-state index in [1.54, 1.807) is 24.3 Å². The molecule has 0 aromatic heterocycles. The van der Waals surface area contributed by atoms with E-state index in [4.69, 9.17) is 19.5 Å². The summed E-state index contributed by atoms with van der Waals surface area (Å²) in [4.78, 5) is 14.6. The molecule has 144 valence electrons. The van der Waals surface area contributed by atoms with Gasteiger partial charge in [0.15, 0.2) is 18.1 Å². The lowest BCUT2D eigenvalue weighted by Crippen LogP contribution is -2.34. The highest BCUT2D eigenvalue weighted by Crippen LogP contribution is 2.37. The number of hydrogen-bond acceptors (Lipinski definition) is 5. The van der Waals surface area contributed by atoms with E-state index in [1.165, 1.54) is 0 Å². The second-order valence-electron chi connectivity index (χ2n) is 6.93. The number of nitrogens with zero attached hydrogens (tertiary/aromatic N) is 2. The molecule has 0 radical (unpaired) electrons. The van der Waals surface area contributed by atoms with Crippen molar-refractivity contribution >= 4 is 5.91 Å². The number of carbonyl (C=O) groups is 1. The van der Waals surface area contributed by atoms with Gasteiger partial charge >= 0.3 is 0 Å². The summed E-state index contributed by atoms with van der Waals surface area (Å²) >= 11 is 0. The Morgan fingerprint density at radius 1 is 1.11 bits per heavy atom. The maximum absolute atomic E-state index is 12.8. The minimum absolute atomic E-state index is 0.0209. The molecular weight excluding hydrogens is 356 g/mol. The zero-order chi connectivity index (χ0) is 19.3. The van der Waals surface area contributed by atoms with Gasteiger partial charge in [-0.15, -0.1) is 0 Å². The van der Waals surface area contributed by atoms with E-state index in [0.29, 0.717) is 31.1 Å². The Balaban J connectivity index is 1.43. The molecule has 2 aromatic rings. The van der Waals surface area contributed by atoms with Crippen LogP contribution in [0.3, 0.4) is 0 Å². The van der Waals surface area contributed by atoms with E-state index in [9.17, 15) is 4.79 Å². The largest absolute Gasteiger partial charge is 0.490 e. The van der Waals surface area contributed by atoms with Crippen LogP contribution < -0.4 is 14.2 Å². The van der Waals surface area contributed by atoms with Gasteiger partial charge in [-0.3, -0.25) is 4.79 Å². The lowest BCUT2D eigenvalue weighted by atomic mass is 10.0. The zero-order valence-corrected chi connectivity index (χ0v) is 15.6. The fraction of sp³-hybridized carbons (Fsp3) is 0.364. The molecule has 2 heterocycles. The third-order valence-corrected chi connectivity index (χ3v) is 5.08. The van der Waals surface area contributed by atoms with Crippen molar-refractivity contribution in [1.29, 1.82) is 5.26 Å². The van der Waals surface area contributed by atoms with Gasteiger partial charge in [0.1, 0.15) is 5.75 Å². The van der Waals surface area contributed by atoms with Crippen LogP contribution in [0.5, 0.6) is 17.2 Å². The van der Waals surface area contributed by atoms with Crippen molar-refractivity contribution in [2.24, 2.45) is 0 Å². The van der Waals surface area contributed by atoms with Crippen LogP contribution in [-0.4, -0.2) is 37.2 Å². The molecular formula is C22H22N2O4. The maximum atomic E-state index is 12.8. The second kappa shape index (κ2) is 8.22. The Labute approximate surface area is 164 Å². The summed E-state index contributed by atoms with van der Waals surface area (Å²) in [7, 11) is 0. The predicted molar refractivity (Wildman–Crippen MR) is 102 cm³/mol. The van der Waals surface area contributed by atoms with Crippen LogP contribution >= 0.6 is 0 Å². The summed E-state index contributed by atoms with van der Waals surface area (Å²) in [6, 6.07) is 14.8. The normalized spacial score (nSPS) is 18.2. The highest BCUT2D eigenvalue weighted by atomic mass is 16.5. The molecule has 0 unspecified atom stereocenters. The fourth-order valence-electron chi connectivity index (χ4n) is 3.65. The monoisotopic (exact) mass is 378 g/mol. The SMILES string of the molecule is N#Cc1ccc(OCC(=O)N2CCC[C@@H]2c2ccc3c(c2)OCCCO3)cc1. The van der Waals surface area contributed by atoms with E-state index in [0.717, 1.165) is 36.3 Å². The number of amides is 1. The zero-order valence-electron chi connectivity index (χ0n) is 15.6. The van der Waals surface area contributed by atoms with Crippen LogP contribution in [0.4, 0.5) is 0 Å². The predicted octanol–water partition coefficient (Wildman–Crippen LogP) is 3.46. The summed E-state index contributed by atoms with van der Waals surface area (Å²) in [5.74, 6) is 2.06. The van der Waals surface area contributed by atoms with E-state index in [2.05, 4.69) is 6.07 Å². The average molecular weight is 378 g/mol. The molecule has 0 bridgehead atoms. The Hall–Kier alpha value is -3.20. The minimum Gasteiger partial charge on any atom is -0.490 e. The molecule has 2 aliphatic heterocycles. The standard InChI is InChI=1S/C22H22N2O4/c23-14-16-4-7-18(8-5-16)28-15-22(25)24-10-1-3-19(24)17-6-9-20-21(13-17)27-12-2-11-26-20/h4-9,13,19H,1-3,10-12,15H2/t19-/m1/s1. The van der Waals surface area contributed by atoms with Crippen molar-refractivity contribution in [3.8, 4) is 23.3 Å². The first-order chi connectivity index (χ1) is 13.7. The second-order valence-corrected chi connectivity index (χ2v) is 6.93. The van der Waals surface area contributed by atoms with Gasteiger partial charge in [-0.05, 0) is 54.8 Å². The maximum Gasteiger partial charge on any atom is 0.261 e. The topological polar surface area (TPSA) is 71.8 Å². The Morgan fingerprint density at radius 3 is 2.68 bits per heavy atom. The molecule has 1 amide bonds. The number of ether oxygens (including phenoxy) is 3. The third-order valence-electron chi connectivity index (χ3n) is 5.08. The summed E-state index contributed by atoms with van der Waals surface area (Å²) in [5.41, 5.74) is 1.63. The van der Waals surface area contributed by atoms with Crippen LogP contribution in [0.15, 0.2) is 42.5 Å². The molecule has 6 nitrogen and oxygen atoms in total. The number of benzene rings is 2. The molecule has 0 spiro atoms. The number of hydrogen-bond donors (Lipinski definition) is 0. The van der Waals surface area contributed by atoms with Crippen LogP contribution in [0.25, 0.3) is 0 Å². The minimum atomic E-state index is -0.0426. The first kappa shape index (κ1) is 18.2. The summed E-state index contributed by atoms with van der Waals surface area (Å²) in [6.07, 6.45) is 2.74. The van der Waals surface area contributed by atoms with Crippen molar-refractivity contribution < 1.29 is 19.0 Å². The van der Waals surface area contributed by atoms with Gasteiger partial charge in [0.25, 0.3) is 5.91 Å². The number of nitriles is 1. The van der Waals surface area contributed by atoms with Gasteiger partial charge in [-0.1, -0.05) is 6.07 Å². The van der Waals surface area contributed by atoms with Crippen molar-refractivity contribution in [3.05, 3.63) is 53.6 Å². The van der Waals surface area contributed by atoms with Crippen molar-refractivity contribution in [2.75, 3.05) is 26.4 Å². The highest BCUT2D eigenvalue weighted by Gasteiger charge is 2.31. The summed E-state index contributed by atoms with van der Waals surface area (Å²) in [6.45, 7) is 2.00. The number of rotatable bonds is 4. The molecule has 0 N–H and O–H groups in total. The first-order valence-corrected chi connectivity index (χ1v) is 9.56. The van der Waals surface area contributed by atoms with Crippen LogP contribution in [-0.2, 0) is 4.79 Å². The van der Waals surface area contributed by atoms with Crippen molar-refractivity contribution in [3.63, 3.8) is 0 Å². The molecule has 28 heavy (non-hydrogen) atoms. The number of carbonyl (C=O) groups excluding carboxylic acids is 1. The molecule has 2 aromatic carbocycles. The van der Waals surface area contributed by atoms with Gasteiger partial charge in [0, 0.05) is 13.0 Å². The van der Waals surface area contributed by atoms with Gasteiger partial charge in [0.2, 0.25) is 0 Å². The molecule has 1 atom stereocenters. The van der Waals surface area contributed by atoms with E-state index < -0.39 is 0 Å². The van der Waals surface area contributed by atoms with Crippen molar-refractivity contribution in [1.82, 2.24) is 4.90 Å². The molecule has 6 heteroatoms. The summed E-state index contributed by atoms with van der Waals surface area (Å²) < 4.78 is 17.1.